The molecule has 1 heterocycles. The number of hydrogen-bond acceptors (Lipinski definition) is 8. The molecule has 1 aromatic rings. The van der Waals surface area contributed by atoms with Crippen LogP contribution in [0.1, 0.15) is 64.4 Å². The Balaban J connectivity index is 1.15. The van der Waals surface area contributed by atoms with Crippen LogP contribution in [-0.4, -0.2) is 86.3 Å². The van der Waals surface area contributed by atoms with Gasteiger partial charge in [-0.3, -0.25) is 33.7 Å². The van der Waals surface area contributed by atoms with Gasteiger partial charge in [-0.2, -0.15) is 0 Å². The number of aryl methyl sites for hydroxylation is 1. The van der Waals surface area contributed by atoms with Gasteiger partial charge in [-0.05, 0) is 69.6 Å². The fourth-order valence-electron chi connectivity index (χ4n) is 5.26. The van der Waals surface area contributed by atoms with Crippen molar-refractivity contribution in [2.24, 2.45) is 11.8 Å². The number of rotatable bonds is 19. The van der Waals surface area contributed by atoms with Crippen LogP contribution in [0, 0.1) is 11.8 Å². The Kier molecular flexibility index (Phi) is 14.9. The molecule has 5 amide bonds. The molecule has 0 unspecified atom stereocenters. The maximum atomic E-state index is 12.5. The minimum atomic E-state index is -0.243. The lowest BCUT2D eigenvalue weighted by Gasteiger charge is -2.30. The number of nitrogens with zero attached hydrogens (tertiary/aromatic N) is 1. The van der Waals surface area contributed by atoms with E-state index in [9.17, 15) is 28.8 Å². The Morgan fingerprint density at radius 2 is 1.51 bits per heavy atom. The fourth-order valence-corrected chi connectivity index (χ4v) is 5.26. The summed E-state index contributed by atoms with van der Waals surface area (Å²) in [4.78, 5) is 72.8. The normalized spacial score (nSPS) is 18.0. The van der Waals surface area contributed by atoms with Gasteiger partial charge >= 0.3 is 0 Å². The zero-order valence-corrected chi connectivity index (χ0v) is 26.4. The van der Waals surface area contributed by atoms with Crippen molar-refractivity contribution in [1.29, 1.82) is 0 Å². The van der Waals surface area contributed by atoms with Crippen LogP contribution < -0.4 is 16.0 Å². The molecule has 1 fully saturated rings. The Morgan fingerprint density at radius 1 is 0.822 bits per heavy atom. The summed E-state index contributed by atoms with van der Waals surface area (Å²) in [6, 6.07) is 7.31. The first-order valence-electron chi connectivity index (χ1n) is 15.7. The average molecular weight is 627 g/mol. The maximum absolute atomic E-state index is 12.5. The van der Waals surface area contributed by atoms with Gasteiger partial charge in [0.2, 0.25) is 17.7 Å². The van der Waals surface area contributed by atoms with Crippen LogP contribution in [0.4, 0.5) is 5.69 Å². The second kappa shape index (κ2) is 18.8. The van der Waals surface area contributed by atoms with Crippen molar-refractivity contribution in [2.75, 3.05) is 51.4 Å². The molecule has 1 aromatic carbocycles. The number of carbonyl (C=O) groups is 6. The minimum Gasteiger partial charge on any atom is -0.379 e. The molecule has 12 heteroatoms. The number of Topliss-reactive ketones (excluding diaryl/α,β-unsaturated/α-hetero) is 1. The average Bonchev–Trinajstić information content (AvgIpc) is 3.25. The Hall–Kier alpha value is -3.90. The van der Waals surface area contributed by atoms with Crippen molar-refractivity contribution in [3.63, 3.8) is 0 Å². The molecule has 45 heavy (non-hydrogen) atoms. The summed E-state index contributed by atoms with van der Waals surface area (Å²) in [6.07, 6.45) is 5.88. The molecule has 3 N–H and O–H groups in total. The number of ether oxygens (including phenoxy) is 2. The molecule has 1 aliphatic carbocycles. The van der Waals surface area contributed by atoms with Gasteiger partial charge in [0.15, 0.2) is 0 Å². The molecule has 1 aliphatic heterocycles. The molecular formula is C33H46N4O8. The monoisotopic (exact) mass is 626 g/mol. The third-order valence-corrected chi connectivity index (χ3v) is 7.92. The molecular weight excluding hydrogens is 580 g/mol. The molecule has 0 spiro atoms. The number of anilines is 1. The van der Waals surface area contributed by atoms with Crippen LogP contribution in [0.5, 0.6) is 0 Å². The lowest BCUT2D eigenvalue weighted by molar-refractivity contribution is -0.138. The van der Waals surface area contributed by atoms with Crippen LogP contribution >= 0.6 is 0 Å². The van der Waals surface area contributed by atoms with E-state index in [0.717, 1.165) is 31.2 Å². The quantitative estimate of drug-likeness (QED) is 0.156. The molecule has 0 bridgehead atoms. The van der Waals surface area contributed by atoms with Gasteiger partial charge in [0.1, 0.15) is 5.78 Å². The van der Waals surface area contributed by atoms with Crippen LogP contribution in [-0.2, 0) is 44.7 Å². The second-order valence-corrected chi connectivity index (χ2v) is 11.6. The van der Waals surface area contributed by atoms with E-state index in [1.54, 1.807) is 19.1 Å². The van der Waals surface area contributed by atoms with Crippen molar-refractivity contribution in [3.05, 3.63) is 41.5 Å². The van der Waals surface area contributed by atoms with Crippen LogP contribution in [0.15, 0.2) is 35.9 Å². The van der Waals surface area contributed by atoms with Crippen LogP contribution in [0.3, 0.4) is 0 Å². The summed E-state index contributed by atoms with van der Waals surface area (Å²) in [5, 5.41) is 8.46. The topological polar surface area (TPSA) is 160 Å². The van der Waals surface area contributed by atoms with Crippen LogP contribution in [0.25, 0.3) is 0 Å². The van der Waals surface area contributed by atoms with Gasteiger partial charge in [0.25, 0.3) is 11.8 Å². The van der Waals surface area contributed by atoms with E-state index in [2.05, 4.69) is 16.0 Å². The van der Waals surface area contributed by atoms with E-state index >= 15 is 0 Å². The minimum absolute atomic E-state index is 0.00431. The van der Waals surface area contributed by atoms with E-state index in [4.69, 9.17) is 9.47 Å². The molecule has 2 aliphatic rings. The van der Waals surface area contributed by atoms with Gasteiger partial charge < -0.3 is 25.4 Å². The van der Waals surface area contributed by atoms with Gasteiger partial charge in [-0.1, -0.05) is 12.1 Å². The summed E-state index contributed by atoms with van der Waals surface area (Å²) in [7, 11) is 0. The number of hydrogen-bond donors (Lipinski definition) is 3. The molecule has 246 valence electrons. The highest BCUT2D eigenvalue weighted by Gasteiger charge is 2.33. The predicted molar refractivity (Wildman–Crippen MR) is 167 cm³/mol. The Morgan fingerprint density at radius 3 is 2.16 bits per heavy atom. The van der Waals surface area contributed by atoms with E-state index in [1.807, 2.05) is 12.1 Å². The molecule has 3 rings (SSSR count). The summed E-state index contributed by atoms with van der Waals surface area (Å²) in [6.45, 7) is 5.61. The lowest BCUT2D eigenvalue weighted by atomic mass is 9.81. The molecule has 12 nitrogen and oxygen atoms in total. The largest absolute Gasteiger partial charge is 0.379 e. The maximum Gasteiger partial charge on any atom is 0.256 e. The van der Waals surface area contributed by atoms with Gasteiger partial charge in [0, 0.05) is 55.7 Å². The van der Waals surface area contributed by atoms with Gasteiger partial charge in [-0.25, -0.2) is 0 Å². The van der Waals surface area contributed by atoms with E-state index in [-0.39, 0.29) is 60.2 Å². The SMILES string of the molecule is CC(=O)CCNC(=O)CCc1ccc(NC(=O)CCOCCOCCNC(=O)C2CCC(CN3C(=O)C=C(C)C3=O)CC2)cc1. The smallest absolute Gasteiger partial charge is 0.256 e. The van der Waals surface area contributed by atoms with Crippen molar-refractivity contribution in [2.45, 2.75) is 65.2 Å². The first kappa shape index (κ1) is 35.6. The molecule has 0 saturated heterocycles. The third-order valence-electron chi connectivity index (χ3n) is 7.92. The standard InChI is InChI=1S/C33H46N4O8/c1-23-21-31(41)37(33(23)43)22-26-3-8-27(9-4-26)32(42)35-16-18-45-20-19-44-17-14-30(40)36-28-10-5-25(6-11-28)7-12-29(39)34-15-13-24(2)38/h5-6,10-11,21,26-27H,3-4,7-9,12-20,22H2,1-2H3,(H,34,39)(H,35,42)(H,36,40). The van der Waals surface area contributed by atoms with Gasteiger partial charge in [-0.15, -0.1) is 0 Å². The highest BCUT2D eigenvalue weighted by atomic mass is 16.5. The zero-order chi connectivity index (χ0) is 32.6. The van der Waals surface area contributed by atoms with E-state index in [0.29, 0.717) is 70.0 Å². The summed E-state index contributed by atoms with van der Waals surface area (Å²) in [5.41, 5.74) is 2.11. The zero-order valence-electron chi connectivity index (χ0n) is 26.4. The molecule has 0 radical (unpaired) electrons. The third kappa shape index (κ3) is 12.9. The second-order valence-electron chi connectivity index (χ2n) is 11.6. The number of amides is 5. The molecule has 1 saturated carbocycles. The fraction of sp³-hybridized carbons (Fsp3) is 0.576. The highest BCUT2D eigenvalue weighted by Crippen LogP contribution is 2.30. The van der Waals surface area contributed by atoms with Crippen molar-refractivity contribution < 1.29 is 38.2 Å². The number of ketones is 1. The van der Waals surface area contributed by atoms with E-state index in [1.165, 1.54) is 17.9 Å². The number of nitrogens with one attached hydrogen (secondary N) is 3. The first-order chi connectivity index (χ1) is 21.6. The van der Waals surface area contributed by atoms with Crippen LogP contribution in [0.2, 0.25) is 0 Å². The lowest BCUT2D eigenvalue weighted by Crippen LogP contribution is -2.39. The molecule has 0 atom stereocenters. The Labute approximate surface area is 264 Å². The number of imide groups is 1. The first-order valence-corrected chi connectivity index (χ1v) is 15.7. The molecule has 0 aromatic heterocycles. The number of carbonyl (C=O) groups excluding carboxylic acids is 6. The predicted octanol–water partition coefficient (Wildman–Crippen LogP) is 2.31. The summed E-state index contributed by atoms with van der Waals surface area (Å²) < 4.78 is 11.0. The Bertz CT molecular complexity index is 1220. The van der Waals surface area contributed by atoms with Crippen molar-refractivity contribution >= 4 is 41.0 Å². The van der Waals surface area contributed by atoms with Gasteiger partial charge in [0.05, 0.1) is 32.8 Å². The summed E-state index contributed by atoms with van der Waals surface area (Å²) >= 11 is 0. The highest BCUT2D eigenvalue weighted by molar-refractivity contribution is 6.15. The number of benzene rings is 1. The summed E-state index contributed by atoms with van der Waals surface area (Å²) in [5.74, 6) is -0.521. The van der Waals surface area contributed by atoms with E-state index < -0.39 is 0 Å². The van der Waals surface area contributed by atoms with Crippen molar-refractivity contribution in [3.8, 4) is 0 Å². The van der Waals surface area contributed by atoms with Crippen molar-refractivity contribution in [1.82, 2.24) is 15.5 Å².